The molecule has 0 radical (unpaired) electrons. The highest BCUT2D eigenvalue weighted by Gasteiger charge is 2.16. The van der Waals surface area contributed by atoms with E-state index in [0.717, 1.165) is 51.8 Å². The zero-order valence-corrected chi connectivity index (χ0v) is 19.6. The third-order valence-electron chi connectivity index (χ3n) is 5.56. The van der Waals surface area contributed by atoms with E-state index in [1.54, 1.807) is 19.6 Å². The first-order valence-electron chi connectivity index (χ1n) is 10.9. The summed E-state index contributed by atoms with van der Waals surface area (Å²) < 4.78 is 13.8. The zero-order chi connectivity index (χ0) is 24.5. The van der Waals surface area contributed by atoms with Crippen LogP contribution in [0.15, 0.2) is 55.1 Å². The molecule has 2 aromatic carbocycles. The number of rotatable bonds is 8. The van der Waals surface area contributed by atoms with Crippen LogP contribution in [-0.2, 0) is 17.9 Å². The molecule has 8 heteroatoms. The Morgan fingerprint density at radius 1 is 1.18 bits per heavy atom. The van der Waals surface area contributed by atoms with Crippen LogP contribution in [-0.4, -0.2) is 44.9 Å². The number of methoxy groups -OCH3 is 1. The number of carboxylic acid groups (broad SMARTS) is 1. The molecule has 34 heavy (non-hydrogen) atoms. The summed E-state index contributed by atoms with van der Waals surface area (Å²) in [4.78, 5) is 17.4. The second kappa shape index (κ2) is 11.8. The maximum absolute atomic E-state index is 9.67. The second-order valence-electron chi connectivity index (χ2n) is 7.67. The smallest absolute Gasteiger partial charge is 0.290 e. The molecular formula is C26H29N3O5. The zero-order valence-electron chi connectivity index (χ0n) is 19.6. The van der Waals surface area contributed by atoms with Crippen molar-refractivity contribution >= 4 is 17.4 Å². The average molecular weight is 464 g/mol. The molecule has 0 spiro atoms. The van der Waals surface area contributed by atoms with Gasteiger partial charge in [0.25, 0.3) is 6.47 Å². The molecule has 2 N–H and O–H groups in total. The van der Waals surface area contributed by atoms with Crippen LogP contribution < -0.4 is 9.47 Å². The monoisotopic (exact) mass is 463 g/mol. The Balaban J connectivity index is 0.00000103. The highest BCUT2D eigenvalue weighted by atomic mass is 16.5. The minimum atomic E-state index is -0.250. The van der Waals surface area contributed by atoms with Gasteiger partial charge in [0.2, 0.25) is 0 Å². The molecule has 0 saturated heterocycles. The molecule has 0 aliphatic heterocycles. The summed E-state index contributed by atoms with van der Waals surface area (Å²) in [6.07, 6.45) is 6.37. The molecule has 4 rings (SSSR count). The Morgan fingerprint density at radius 3 is 2.65 bits per heavy atom. The summed E-state index contributed by atoms with van der Waals surface area (Å²) in [5, 5.41) is 17.6. The lowest BCUT2D eigenvalue weighted by Crippen LogP contribution is -2.05. The molecule has 0 aliphatic rings. The molecule has 0 saturated carbocycles. The topological polar surface area (TPSA) is 107 Å². The molecule has 0 unspecified atom stereocenters. The van der Waals surface area contributed by atoms with E-state index in [2.05, 4.69) is 18.0 Å². The minimum Gasteiger partial charge on any atom is -0.493 e. The van der Waals surface area contributed by atoms with Gasteiger partial charge < -0.3 is 24.3 Å². The van der Waals surface area contributed by atoms with Gasteiger partial charge in [-0.1, -0.05) is 18.2 Å². The third-order valence-corrected chi connectivity index (χ3v) is 5.56. The first-order chi connectivity index (χ1) is 16.5. The number of pyridine rings is 1. The molecular weight excluding hydrogens is 434 g/mol. The number of ether oxygens (including phenoxy) is 2. The quantitative estimate of drug-likeness (QED) is 0.295. The van der Waals surface area contributed by atoms with Crippen molar-refractivity contribution in [2.75, 3.05) is 13.7 Å². The Morgan fingerprint density at radius 2 is 1.97 bits per heavy atom. The standard InChI is InChI=1S/C25H27N3O3.CH2O2/c1-17-14-22(27-24-18(2)19(15-29)8-9-20(17)24)21-6-4-7-23(30-3)25(21)31-13-5-11-28-12-10-26-16-28;2-1-3/h4,6-10,12,14,16,29H,5,11,13,15H2,1-3H3;1H,(H,2,3). The van der Waals surface area contributed by atoms with Gasteiger partial charge in [-0.25, -0.2) is 9.97 Å². The Kier molecular flexibility index (Phi) is 8.59. The van der Waals surface area contributed by atoms with Crippen molar-refractivity contribution in [3.05, 3.63) is 71.8 Å². The van der Waals surface area contributed by atoms with Crippen LogP contribution in [0.25, 0.3) is 22.2 Å². The number of imidazole rings is 1. The van der Waals surface area contributed by atoms with Crippen molar-refractivity contribution in [2.45, 2.75) is 33.4 Å². The van der Waals surface area contributed by atoms with Gasteiger partial charge in [-0.05, 0) is 55.2 Å². The van der Waals surface area contributed by atoms with Crippen molar-refractivity contribution in [3.63, 3.8) is 0 Å². The van der Waals surface area contributed by atoms with Crippen LogP contribution in [0.4, 0.5) is 0 Å². The van der Waals surface area contributed by atoms with E-state index in [0.29, 0.717) is 18.1 Å². The molecule has 0 fully saturated rings. The minimum absolute atomic E-state index is 0.00281. The molecule has 0 bridgehead atoms. The number of hydrogen-bond acceptors (Lipinski definition) is 6. The fourth-order valence-corrected chi connectivity index (χ4v) is 3.82. The molecule has 178 valence electrons. The fourth-order valence-electron chi connectivity index (χ4n) is 3.82. The summed E-state index contributed by atoms with van der Waals surface area (Å²) in [6.45, 7) is 5.21. The molecule has 4 aromatic rings. The number of nitrogens with zero attached hydrogens (tertiary/aromatic N) is 3. The van der Waals surface area contributed by atoms with Gasteiger partial charge in [-0.15, -0.1) is 0 Å². The van der Waals surface area contributed by atoms with Gasteiger partial charge in [-0.3, -0.25) is 4.79 Å². The van der Waals surface area contributed by atoms with E-state index >= 15 is 0 Å². The normalized spacial score (nSPS) is 10.5. The second-order valence-corrected chi connectivity index (χ2v) is 7.67. The van der Waals surface area contributed by atoms with Crippen LogP contribution in [0.1, 0.15) is 23.1 Å². The third kappa shape index (κ3) is 5.52. The lowest BCUT2D eigenvalue weighted by atomic mass is 9.99. The number of carbonyl (C=O) groups is 1. The maximum Gasteiger partial charge on any atom is 0.290 e. The van der Waals surface area contributed by atoms with E-state index in [1.165, 1.54) is 0 Å². The summed E-state index contributed by atoms with van der Waals surface area (Å²) in [7, 11) is 1.65. The lowest BCUT2D eigenvalue weighted by Gasteiger charge is -2.17. The summed E-state index contributed by atoms with van der Waals surface area (Å²) in [5.41, 5.74) is 5.62. The molecule has 0 atom stereocenters. The van der Waals surface area contributed by atoms with Crippen LogP contribution in [0.3, 0.4) is 0 Å². The van der Waals surface area contributed by atoms with Gasteiger partial charge in [0.05, 0.1) is 37.9 Å². The highest BCUT2D eigenvalue weighted by molar-refractivity contribution is 5.89. The van der Waals surface area contributed by atoms with Crippen LogP contribution in [0, 0.1) is 13.8 Å². The van der Waals surface area contributed by atoms with Crippen LogP contribution in [0.5, 0.6) is 11.5 Å². The van der Waals surface area contributed by atoms with Crippen molar-refractivity contribution in [1.82, 2.24) is 14.5 Å². The van der Waals surface area contributed by atoms with Gasteiger partial charge in [0, 0.05) is 29.9 Å². The molecule has 8 nitrogen and oxygen atoms in total. The number of benzene rings is 2. The van der Waals surface area contributed by atoms with Crippen molar-refractivity contribution in [2.24, 2.45) is 0 Å². The SMILES string of the molecule is COc1cccc(-c2cc(C)c3ccc(CO)c(C)c3n2)c1OCCCn1ccnc1.O=CO. The van der Waals surface area contributed by atoms with Crippen molar-refractivity contribution in [1.29, 1.82) is 0 Å². The fraction of sp³-hybridized carbons (Fsp3) is 0.269. The number of aliphatic hydroxyl groups is 1. The van der Waals surface area contributed by atoms with Gasteiger partial charge in [0.1, 0.15) is 0 Å². The number of aryl methyl sites for hydroxylation is 3. The van der Waals surface area contributed by atoms with Crippen LogP contribution >= 0.6 is 0 Å². The highest BCUT2D eigenvalue weighted by Crippen LogP contribution is 2.39. The predicted molar refractivity (Wildman–Crippen MR) is 130 cm³/mol. The predicted octanol–water partition coefficient (Wildman–Crippen LogP) is 4.39. The van der Waals surface area contributed by atoms with E-state index in [-0.39, 0.29) is 13.1 Å². The molecule has 0 aliphatic carbocycles. The van der Waals surface area contributed by atoms with E-state index in [1.807, 2.05) is 48.0 Å². The van der Waals surface area contributed by atoms with Gasteiger partial charge in [0.15, 0.2) is 11.5 Å². The number of fused-ring (bicyclic) bond motifs is 1. The van der Waals surface area contributed by atoms with E-state index < -0.39 is 0 Å². The Hall–Kier alpha value is -3.91. The Bertz CT molecular complexity index is 1240. The first kappa shape index (κ1) is 24.7. The van der Waals surface area contributed by atoms with Gasteiger partial charge >= 0.3 is 0 Å². The number of aliphatic hydroxyl groups excluding tert-OH is 1. The van der Waals surface area contributed by atoms with Gasteiger partial charge in [-0.2, -0.15) is 0 Å². The molecule has 2 heterocycles. The number of aromatic nitrogens is 3. The molecule has 2 aromatic heterocycles. The molecule has 0 amide bonds. The van der Waals surface area contributed by atoms with E-state index in [9.17, 15) is 5.11 Å². The number of para-hydroxylation sites is 1. The largest absolute Gasteiger partial charge is 0.493 e. The summed E-state index contributed by atoms with van der Waals surface area (Å²) in [6, 6.07) is 11.9. The maximum atomic E-state index is 9.67. The summed E-state index contributed by atoms with van der Waals surface area (Å²) >= 11 is 0. The van der Waals surface area contributed by atoms with Crippen LogP contribution in [0.2, 0.25) is 0 Å². The lowest BCUT2D eigenvalue weighted by molar-refractivity contribution is -0.122. The summed E-state index contributed by atoms with van der Waals surface area (Å²) in [5.74, 6) is 1.37. The average Bonchev–Trinajstić information content (AvgIpc) is 3.36. The number of hydrogen-bond donors (Lipinski definition) is 2. The van der Waals surface area contributed by atoms with Crippen molar-refractivity contribution < 1.29 is 24.5 Å². The van der Waals surface area contributed by atoms with Crippen molar-refractivity contribution in [3.8, 4) is 22.8 Å². The Labute approximate surface area is 198 Å². The van der Waals surface area contributed by atoms with E-state index in [4.69, 9.17) is 24.4 Å². The first-order valence-corrected chi connectivity index (χ1v) is 10.9.